The average molecular weight is 564 g/mol. The van der Waals surface area contributed by atoms with E-state index in [0.717, 1.165) is 24.5 Å². The molecular weight excluding hydrogens is 530 g/mol. The van der Waals surface area contributed by atoms with Gasteiger partial charge in [-0.3, -0.25) is 4.79 Å². The predicted octanol–water partition coefficient (Wildman–Crippen LogP) is 3.01. The summed E-state index contributed by atoms with van der Waals surface area (Å²) in [5, 5.41) is 16.5. The van der Waals surface area contributed by atoms with Crippen LogP contribution in [0.2, 0.25) is 0 Å². The third kappa shape index (κ3) is 6.02. The number of nitrogens with zero attached hydrogens (tertiary/aromatic N) is 5. The predicted molar refractivity (Wildman–Crippen MR) is 156 cm³/mol. The molecule has 1 atom stereocenters. The van der Waals surface area contributed by atoms with E-state index < -0.39 is 10.0 Å². The second kappa shape index (κ2) is 11.5. The van der Waals surface area contributed by atoms with Crippen molar-refractivity contribution >= 4 is 50.1 Å². The van der Waals surface area contributed by atoms with E-state index in [0.29, 0.717) is 29.9 Å². The first-order chi connectivity index (χ1) is 19.2. The third-order valence-electron chi connectivity index (χ3n) is 6.87. The molecule has 0 bridgehead atoms. The molecule has 3 heterocycles. The minimum Gasteiger partial charge on any atom is -0.394 e. The maximum absolute atomic E-state index is 13.4. The van der Waals surface area contributed by atoms with Gasteiger partial charge in [0.25, 0.3) is 0 Å². The Hall–Kier alpha value is -4.16. The van der Waals surface area contributed by atoms with Crippen molar-refractivity contribution in [2.45, 2.75) is 25.6 Å². The van der Waals surface area contributed by atoms with E-state index in [1.165, 1.54) is 10.2 Å². The molecule has 0 radical (unpaired) electrons. The summed E-state index contributed by atoms with van der Waals surface area (Å²) in [5.74, 6) is 0.556. The van der Waals surface area contributed by atoms with Crippen LogP contribution in [0, 0.1) is 0 Å². The van der Waals surface area contributed by atoms with Crippen LogP contribution < -0.4 is 15.5 Å². The number of amides is 1. The number of carbonyl (C=O) groups is 1. The third-order valence-corrected chi connectivity index (χ3v) is 8.47. The quantitative estimate of drug-likeness (QED) is 0.281. The molecule has 4 aromatic rings. The lowest BCUT2D eigenvalue weighted by Crippen LogP contribution is -2.48. The minimum atomic E-state index is -3.77. The van der Waals surface area contributed by atoms with Crippen LogP contribution in [0.3, 0.4) is 0 Å². The van der Waals surface area contributed by atoms with Gasteiger partial charge in [-0.1, -0.05) is 30.3 Å². The fourth-order valence-corrected chi connectivity index (χ4v) is 6.08. The number of carbonyl (C=O) groups excluding carboxylic acids is 1. The van der Waals surface area contributed by atoms with Crippen LogP contribution >= 0.6 is 0 Å². The van der Waals surface area contributed by atoms with Gasteiger partial charge in [0.05, 0.1) is 17.7 Å². The molecule has 3 N–H and O–H groups in total. The van der Waals surface area contributed by atoms with E-state index in [4.69, 9.17) is 0 Å². The number of nitrogens with one attached hydrogen (secondary N) is 2. The zero-order valence-corrected chi connectivity index (χ0v) is 23.3. The molecule has 1 fully saturated rings. The van der Waals surface area contributed by atoms with E-state index in [1.807, 2.05) is 35.2 Å². The Balaban J connectivity index is 1.42. The topological polar surface area (TPSA) is 133 Å². The lowest BCUT2D eigenvalue weighted by atomic mass is 10.2. The summed E-state index contributed by atoms with van der Waals surface area (Å²) in [5.41, 5.74) is 2.69. The van der Waals surface area contributed by atoms with Crippen LogP contribution in [0.4, 0.5) is 23.1 Å². The number of aromatic nitrogens is 3. The number of benzene rings is 2. The fourth-order valence-electron chi connectivity index (χ4n) is 4.68. The number of aliphatic hydroxyl groups is 1. The minimum absolute atomic E-state index is 0.0948. The summed E-state index contributed by atoms with van der Waals surface area (Å²) < 4.78 is 27.9. The molecule has 2 aromatic heterocycles. The molecule has 40 heavy (non-hydrogen) atoms. The average Bonchev–Trinajstić information content (AvgIpc) is 3.39. The largest absolute Gasteiger partial charge is 0.394 e. The van der Waals surface area contributed by atoms with Crippen LogP contribution in [-0.2, 0) is 20.6 Å². The van der Waals surface area contributed by atoms with E-state index in [2.05, 4.69) is 25.5 Å². The molecule has 12 heteroatoms. The number of fused-ring (bicyclic) bond motifs is 1. The Morgan fingerprint density at radius 2 is 1.70 bits per heavy atom. The standard InChI is InChI=1S/C28H33N7O4S/c1-20(18-36)29-26-25-12-13-35(40(38,39)19-22-6-4-3-5-7-22)27(25)32-28(31-26)30-23-8-10-24(11-9-23)34-16-14-33(15-17-34)21(2)37/h3-13,20,36H,14-19H2,1-2H3,(H2,29,30,31,32)/t20-/m1/s1. The molecule has 0 unspecified atom stereocenters. The molecule has 0 spiro atoms. The zero-order chi connectivity index (χ0) is 28.3. The second-order valence-corrected chi connectivity index (χ2v) is 11.7. The van der Waals surface area contributed by atoms with Crippen molar-refractivity contribution in [2.75, 3.05) is 48.3 Å². The molecule has 1 saturated heterocycles. The van der Waals surface area contributed by atoms with Gasteiger partial charge in [0.1, 0.15) is 5.82 Å². The van der Waals surface area contributed by atoms with E-state index >= 15 is 0 Å². The number of aliphatic hydroxyl groups excluding tert-OH is 1. The lowest BCUT2D eigenvalue weighted by Gasteiger charge is -2.35. The monoisotopic (exact) mass is 563 g/mol. The molecule has 0 aliphatic carbocycles. The van der Waals surface area contributed by atoms with Gasteiger partial charge in [-0.15, -0.1) is 0 Å². The highest BCUT2D eigenvalue weighted by atomic mass is 32.2. The van der Waals surface area contributed by atoms with Crippen LogP contribution in [0.5, 0.6) is 0 Å². The Bertz CT molecular complexity index is 1580. The van der Waals surface area contributed by atoms with E-state index in [1.54, 1.807) is 44.2 Å². The number of anilines is 4. The van der Waals surface area contributed by atoms with Crippen molar-refractivity contribution in [1.29, 1.82) is 0 Å². The molecule has 1 aliphatic heterocycles. The first-order valence-electron chi connectivity index (χ1n) is 13.1. The van der Waals surface area contributed by atoms with Crippen LogP contribution in [-0.4, -0.2) is 77.1 Å². The smallest absolute Gasteiger partial charge is 0.244 e. The van der Waals surface area contributed by atoms with Crippen LogP contribution in [0.25, 0.3) is 11.0 Å². The summed E-state index contributed by atoms with van der Waals surface area (Å²) >= 11 is 0. The van der Waals surface area contributed by atoms with Gasteiger partial charge in [0.2, 0.25) is 21.9 Å². The SMILES string of the molecule is CC(=O)N1CCN(c2ccc(Nc3nc(N[C@H](C)CO)c4ccn(S(=O)(=O)Cc5ccccc5)c4n3)cc2)CC1. The maximum atomic E-state index is 13.4. The molecule has 210 valence electrons. The van der Waals surface area contributed by atoms with Crippen LogP contribution in [0.1, 0.15) is 19.4 Å². The molecule has 1 amide bonds. The first-order valence-corrected chi connectivity index (χ1v) is 14.8. The van der Waals surface area contributed by atoms with Gasteiger partial charge in [0, 0.05) is 56.7 Å². The van der Waals surface area contributed by atoms with Gasteiger partial charge in [-0.25, -0.2) is 12.4 Å². The van der Waals surface area contributed by atoms with Crippen molar-refractivity contribution in [3.05, 3.63) is 72.4 Å². The molecule has 1 aliphatic rings. The normalized spacial score (nSPS) is 14.8. The van der Waals surface area contributed by atoms with Gasteiger partial charge in [-0.05, 0) is 42.8 Å². The van der Waals surface area contributed by atoms with Crippen molar-refractivity contribution < 1.29 is 18.3 Å². The van der Waals surface area contributed by atoms with Gasteiger partial charge < -0.3 is 25.5 Å². The summed E-state index contributed by atoms with van der Waals surface area (Å²) in [4.78, 5) is 24.9. The summed E-state index contributed by atoms with van der Waals surface area (Å²) in [6.45, 7) is 6.19. The lowest BCUT2D eigenvalue weighted by molar-refractivity contribution is -0.129. The number of piperazine rings is 1. The first kappa shape index (κ1) is 27.4. The van der Waals surface area contributed by atoms with Crippen LogP contribution in [0.15, 0.2) is 66.9 Å². The van der Waals surface area contributed by atoms with Crippen molar-refractivity contribution in [1.82, 2.24) is 18.8 Å². The molecule has 0 saturated carbocycles. The van der Waals surface area contributed by atoms with E-state index in [-0.39, 0.29) is 35.9 Å². The van der Waals surface area contributed by atoms with Gasteiger partial charge in [-0.2, -0.15) is 9.97 Å². The molecule has 5 rings (SSSR count). The van der Waals surface area contributed by atoms with Crippen molar-refractivity contribution in [2.24, 2.45) is 0 Å². The molecule has 2 aromatic carbocycles. The van der Waals surface area contributed by atoms with Crippen molar-refractivity contribution in [3.8, 4) is 0 Å². The van der Waals surface area contributed by atoms with Crippen molar-refractivity contribution in [3.63, 3.8) is 0 Å². The fraction of sp³-hybridized carbons (Fsp3) is 0.321. The highest BCUT2D eigenvalue weighted by molar-refractivity contribution is 7.89. The number of hydrogen-bond donors (Lipinski definition) is 3. The second-order valence-electron chi connectivity index (χ2n) is 9.88. The highest BCUT2D eigenvalue weighted by Crippen LogP contribution is 2.28. The molecular formula is C28H33N7O4S. The summed E-state index contributed by atoms with van der Waals surface area (Å²) in [6.07, 6.45) is 1.48. The Labute approximate surface area is 233 Å². The summed E-state index contributed by atoms with van der Waals surface area (Å²) in [7, 11) is -3.77. The number of rotatable bonds is 9. The summed E-state index contributed by atoms with van der Waals surface area (Å²) in [6, 6.07) is 18.2. The van der Waals surface area contributed by atoms with Gasteiger partial charge >= 0.3 is 0 Å². The zero-order valence-electron chi connectivity index (χ0n) is 22.5. The molecule has 11 nitrogen and oxygen atoms in total. The Morgan fingerprint density at radius 1 is 1.00 bits per heavy atom. The Kier molecular flexibility index (Phi) is 7.90. The highest BCUT2D eigenvalue weighted by Gasteiger charge is 2.22. The maximum Gasteiger partial charge on any atom is 0.244 e. The Morgan fingerprint density at radius 3 is 2.35 bits per heavy atom. The van der Waals surface area contributed by atoms with E-state index in [9.17, 15) is 18.3 Å². The van der Waals surface area contributed by atoms with Gasteiger partial charge in [0.15, 0.2) is 5.65 Å². The number of hydrogen-bond acceptors (Lipinski definition) is 9.